The number of carboxylic acids is 1. The third kappa shape index (κ3) is 2.88. The molecule has 0 aromatic heterocycles. The van der Waals surface area contributed by atoms with Crippen LogP contribution in [0.25, 0.3) is 0 Å². The number of carbonyl (C=O) groups excluding carboxylic acids is 4. The minimum Gasteiger partial charge on any atom is -0.550 e. The topological polar surface area (TPSA) is 101 Å². The largest absolute Gasteiger partial charge is 0.550 e. The van der Waals surface area contributed by atoms with Crippen molar-refractivity contribution in [2.24, 2.45) is 0 Å². The number of hydrogen-bond donors (Lipinski definition) is 0. The molecule has 2 heterocycles. The second-order valence-corrected chi connectivity index (χ2v) is 4.94. The van der Waals surface area contributed by atoms with E-state index in [2.05, 4.69) is 6.58 Å². The van der Waals surface area contributed by atoms with Crippen LogP contribution in [0.4, 0.5) is 4.79 Å². The van der Waals surface area contributed by atoms with Crippen LogP contribution in [0.5, 0.6) is 0 Å². The number of aliphatic carboxylic acids is 1. The Bertz CT molecular complexity index is 504. The van der Waals surface area contributed by atoms with Crippen LogP contribution in [0.15, 0.2) is 12.7 Å². The zero-order chi connectivity index (χ0) is 15.6. The van der Waals surface area contributed by atoms with Crippen LogP contribution in [-0.2, 0) is 14.4 Å². The molecule has 0 spiro atoms. The molecule has 21 heavy (non-hydrogen) atoms. The fraction of sp³-hybridized carbons (Fsp3) is 0.538. The van der Waals surface area contributed by atoms with E-state index in [9.17, 15) is 24.3 Å². The number of imide groups is 1. The Labute approximate surface area is 121 Å². The van der Waals surface area contributed by atoms with Gasteiger partial charge in [-0.1, -0.05) is 6.08 Å². The molecule has 0 radical (unpaired) electrons. The van der Waals surface area contributed by atoms with E-state index < -0.39 is 12.0 Å². The average Bonchev–Trinajstić information content (AvgIpc) is 2.70. The molecular formula is C13H16N3O5-. The minimum absolute atomic E-state index is 0.101. The maximum absolute atomic E-state index is 12.1. The highest BCUT2D eigenvalue weighted by Gasteiger charge is 2.47. The van der Waals surface area contributed by atoms with Crippen LogP contribution >= 0.6 is 0 Å². The Kier molecular flexibility index (Phi) is 4.25. The SMILES string of the molecule is C=CCN1C(=O)[C@@H]2CN(C(=O)CCC(=O)[O-])CCN2C1=O. The molecule has 2 aliphatic heterocycles. The molecule has 114 valence electrons. The lowest BCUT2D eigenvalue weighted by Crippen LogP contribution is -2.54. The van der Waals surface area contributed by atoms with Gasteiger partial charge in [0.25, 0.3) is 5.91 Å². The van der Waals surface area contributed by atoms with Crippen molar-refractivity contribution in [3.63, 3.8) is 0 Å². The van der Waals surface area contributed by atoms with E-state index in [0.29, 0.717) is 6.54 Å². The number of rotatable bonds is 5. The number of amides is 4. The molecule has 0 bridgehead atoms. The number of nitrogens with zero attached hydrogens (tertiary/aromatic N) is 3. The van der Waals surface area contributed by atoms with Gasteiger partial charge in [-0.15, -0.1) is 6.58 Å². The summed E-state index contributed by atoms with van der Waals surface area (Å²) in [4.78, 5) is 50.4. The molecular weight excluding hydrogens is 278 g/mol. The van der Waals surface area contributed by atoms with E-state index in [1.165, 1.54) is 15.9 Å². The number of piperazine rings is 1. The first kappa shape index (κ1) is 15.0. The number of hydrogen-bond acceptors (Lipinski definition) is 5. The van der Waals surface area contributed by atoms with Crippen molar-refractivity contribution >= 4 is 23.8 Å². The highest BCUT2D eigenvalue weighted by Crippen LogP contribution is 2.22. The Morgan fingerprint density at radius 3 is 2.62 bits per heavy atom. The van der Waals surface area contributed by atoms with Crippen LogP contribution in [0, 0.1) is 0 Å². The standard InChI is InChI=1S/C13H17N3O5/c1-2-5-16-12(20)9-8-14(6-7-15(9)13(16)21)10(17)3-4-11(18)19/h2,9H,1,3-8H2,(H,18,19)/p-1/t9-/m0/s1. The molecule has 0 aromatic carbocycles. The second-order valence-electron chi connectivity index (χ2n) is 4.94. The predicted octanol–water partition coefficient (Wildman–Crippen LogP) is -1.82. The summed E-state index contributed by atoms with van der Waals surface area (Å²) in [6.07, 6.45) is 0.962. The van der Waals surface area contributed by atoms with Gasteiger partial charge >= 0.3 is 6.03 Å². The van der Waals surface area contributed by atoms with E-state index in [0.717, 1.165) is 4.90 Å². The molecule has 0 unspecified atom stereocenters. The molecule has 0 saturated carbocycles. The molecule has 0 N–H and O–H groups in total. The van der Waals surface area contributed by atoms with Gasteiger partial charge in [0.05, 0.1) is 6.54 Å². The maximum Gasteiger partial charge on any atom is 0.327 e. The van der Waals surface area contributed by atoms with Crippen LogP contribution in [-0.4, -0.2) is 70.7 Å². The van der Waals surface area contributed by atoms with Gasteiger partial charge in [-0.3, -0.25) is 14.5 Å². The quantitative estimate of drug-likeness (QED) is 0.439. The zero-order valence-electron chi connectivity index (χ0n) is 11.5. The van der Waals surface area contributed by atoms with Crippen molar-refractivity contribution in [3.8, 4) is 0 Å². The first-order valence-corrected chi connectivity index (χ1v) is 6.66. The van der Waals surface area contributed by atoms with Crippen LogP contribution in [0.1, 0.15) is 12.8 Å². The van der Waals surface area contributed by atoms with Gasteiger partial charge < -0.3 is 19.7 Å². The van der Waals surface area contributed by atoms with E-state index in [1.807, 2.05) is 0 Å². The van der Waals surface area contributed by atoms with Gasteiger partial charge in [-0.25, -0.2) is 4.79 Å². The van der Waals surface area contributed by atoms with Gasteiger partial charge in [-0.05, 0) is 6.42 Å². The third-order valence-electron chi connectivity index (χ3n) is 3.62. The number of carbonyl (C=O) groups is 4. The van der Waals surface area contributed by atoms with Crippen molar-refractivity contribution in [1.82, 2.24) is 14.7 Å². The highest BCUT2D eigenvalue weighted by atomic mass is 16.4. The summed E-state index contributed by atoms with van der Waals surface area (Å²) in [5, 5.41) is 10.4. The lowest BCUT2D eigenvalue weighted by Gasteiger charge is -2.35. The monoisotopic (exact) mass is 294 g/mol. The van der Waals surface area contributed by atoms with Gasteiger partial charge in [0, 0.05) is 32.0 Å². The van der Waals surface area contributed by atoms with Crippen LogP contribution < -0.4 is 5.11 Å². The Morgan fingerprint density at radius 1 is 1.29 bits per heavy atom. The van der Waals surface area contributed by atoms with Crippen molar-refractivity contribution in [2.75, 3.05) is 26.2 Å². The summed E-state index contributed by atoms with van der Waals surface area (Å²) in [5.41, 5.74) is 0. The molecule has 8 nitrogen and oxygen atoms in total. The van der Waals surface area contributed by atoms with E-state index in [-0.39, 0.29) is 50.3 Å². The van der Waals surface area contributed by atoms with E-state index >= 15 is 0 Å². The third-order valence-corrected chi connectivity index (χ3v) is 3.62. The van der Waals surface area contributed by atoms with Crippen molar-refractivity contribution in [2.45, 2.75) is 18.9 Å². The summed E-state index contributed by atoms with van der Waals surface area (Å²) in [7, 11) is 0. The molecule has 2 rings (SSSR count). The Morgan fingerprint density at radius 2 is 2.00 bits per heavy atom. The molecule has 1 atom stereocenters. The first-order valence-electron chi connectivity index (χ1n) is 6.66. The molecule has 0 aromatic rings. The zero-order valence-corrected chi connectivity index (χ0v) is 11.5. The van der Waals surface area contributed by atoms with E-state index in [4.69, 9.17) is 0 Å². The smallest absolute Gasteiger partial charge is 0.327 e. The van der Waals surface area contributed by atoms with Crippen molar-refractivity contribution in [3.05, 3.63) is 12.7 Å². The lowest BCUT2D eigenvalue weighted by atomic mass is 10.1. The van der Waals surface area contributed by atoms with Crippen molar-refractivity contribution in [1.29, 1.82) is 0 Å². The van der Waals surface area contributed by atoms with Gasteiger partial charge in [0.2, 0.25) is 5.91 Å². The Hall–Kier alpha value is -2.38. The highest BCUT2D eigenvalue weighted by molar-refractivity contribution is 6.05. The number of fused-ring (bicyclic) bond motifs is 1. The predicted molar refractivity (Wildman–Crippen MR) is 68.6 cm³/mol. The summed E-state index contributed by atoms with van der Waals surface area (Å²) in [5.74, 6) is -1.98. The summed E-state index contributed by atoms with van der Waals surface area (Å²) >= 11 is 0. The van der Waals surface area contributed by atoms with E-state index in [1.54, 1.807) is 0 Å². The summed E-state index contributed by atoms with van der Waals surface area (Å²) in [6, 6.07) is -1.05. The molecule has 2 fully saturated rings. The Balaban J connectivity index is 2.01. The fourth-order valence-corrected chi connectivity index (χ4v) is 2.54. The average molecular weight is 294 g/mol. The van der Waals surface area contributed by atoms with Gasteiger partial charge in [0.15, 0.2) is 0 Å². The molecule has 8 heteroatoms. The van der Waals surface area contributed by atoms with Crippen LogP contribution in [0.2, 0.25) is 0 Å². The first-order chi connectivity index (χ1) is 9.95. The lowest BCUT2D eigenvalue weighted by molar-refractivity contribution is -0.305. The number of carboxylic acid groups (broad SMARTS) is 1. The summed E-state index contributed by atoms with van der Waals surface area (Å²) < 4.78 is 0. The van der Waals surface area contributed by atoms with Gasteiger partial charge in [-0.2, -0.15) is 0 Å². The normalized spacial score (nSPS) is 21.5. The minimum atomic E-state index is -1.29. The molecule has 0 aliphatic carbocycles. The number of urea groups is 1. The maximum atomic E-state index is 12.1. The molecule has 2 saturated heterocycles. The fourth-order valence-electron chi connectivity index (χ4n) is 2.54. The van der Waals surface area contributed by atoms with Crippen molar-refractivity contribution < 1.29 is 24.3 Å². The molecule has 2 aliphatic rings. The van der Waals surface area contributed by atoms with Gasteiger partial charge in [0.1, 0.15) is 6.04 Å². The molecule has 4 amide bonds. The summed E-state index contributed by atoms with van der Waals surface area (Å²) in [6.45, 7) is 4.31. The van der Waals surface area contributed by atoms with Crippen LogP contribution in [0.3, 0.4) is 0 Å². The second kappa shape index (κ2) is 5.94.